The zero-order valence-electron chi connectivity index (χ0n) is 74.2. The number of fused-ring (bicyclic) bond motifs is 3. The minimum atomic E-state index is -1.11. The maximum Gasteiger partial charge on any atom is 0.407 e. The summed E-state index contributed by atoms with van der Waals surface area (Å²) < 4.78 is 115. The fourth-order valence-electron chi connectivity index (χ4n) is 11.5. The van der Waals surface area contributed by atoms with Crippen LogP contribution in [0.5, 0.6) is 0 Å². The molecule has 1 amide bonds. The summed E-state index contributed by atoms with van der Waals surface area (Å²) >= 11 is 0. The number of terminal acetylenes is 6. The number of carboxylic acid groups (broad SMARTS) is 1. The second-order valence-electron chi connectivity index (χ2n) is 30.4. The number of ketones is 3. The molecule has 4 N–H and O–H groups in total. The van der Waals surface area contributed by atoms with Crippen LogP contribution in [0.25, 0.3) is 11.1 Å². The number of hydrogen-bond donors (Lipinski definition) is 3. The summed E-state index contributed by atoms with van der Waals surface area (Å²) in [6.45, 7) is 24.8. The Balaban J connectivity index is 0.000000962. The molecule has 0 radical (unpaired) electrons. The van der Waals surface area contributed by atoms with Gasteiger partial charge in [0.05, 0.1) is 198 Å². The second-order valence-corrected chi connectivity index (χ2v) is 30.4. The zero-order valence-corrected chi connectivity index (χ0v) is 74.2. The number of rotatable bonds is 75. The molecule has 1 aliphatic carbocycles. The van der Waals surface area contributed by atoms with Crippen molar-refractivity contribution >= 4 is 41.4 Å². The van der Waals surface area contributed by atoms with Gasteiger partial charge >= 0.3 is 24.0 Å². The number of ether oxygens (including phenoxy) is 21. The molecule has 694 valence electrons. The molecule has 31 heteroatoms. The van der Waals surface area contributed by atoms with E-state index in [1.807, 2.05) is 69.3 Å². The van der Waals surface area contributed by atoms with Crippen LogP contribution in [0.1, 0.15) is 130 Å². The predicted octanol–water partition coefficient (Wildman–Crippen LogP) is 7.91. The van der Waals surface area contributed by atoms with Crippen LogP contribution in [0, 0.1) is 90.8 Å². The fraction of sp³-hybridized carbons (Fsp3) is 0.667. The average molecular weight is 1750 g/mol. The Morgan fingerprint density at radius 3 is 1.01 bits per heavy atom. The standard InChI is InChI=1S/C40H64O13.C29H47NO10.C24H27NO6/c1-8-16-50-32-40(33-51-17-9-2,34-52-18-10-3)31-37(42)15-20-45-22-24-47-26-28-49-30-29-48-27-25-46-23-21-44-19-11-12-36(41)14-13-35(4)38(43)53-39(5,6)7;1-4-9-38-25-29(26-39-10-5-2,27-40-11-6-3)24-28(31)7-12-32-14-16-34-18-20-36-22-23-37-21-19-35-17-15-33-13-8-30;1-24(2,3)31-22(28)20(12-13-21(26)27)25-23(29)30-14-19-17-10-6-4-8-15(17)16-9-5-7-11-18(16)19/h1-3,35H,11-34H2,4-7H3;1-3H,7-27,30H2;4-11,19-20H,12-14H2,1-3H3,(H,25,29)(H,26,27)/t35-;;20-/m0.1/s1. The van der Waals surface area contributed by atoms with E-state index in [4.69, 9.17) is 149 Å². The van der Waals surface area contributed by atoms with Crippen molar-refractivity contribution in [1.82, 2.24) is 5.32 Å². The van der Waals surface area contributed by atoms with Gasteiger partial charge in [-0.15, -0.1) is 38.5 Å². The highest BCUT2D eigenvalue weighted by molar-refractivity contribution is 5.83. The monoisotopic (exact) mass is 1750 g/mol. The van der Waals surface area contributed by atoms with E-state index in [2.05, 4.69) is 40.8 Å². The van der Waals surface area contributed by atoms with Gasteiger partial charge in [-0.05, 0) is 83.1 Å². The maximum atomic E-state index is 12.8. The van der Waals surface area contributed by atoms with Gasteiger partial charge in [0.1, 0.15) is 80.8 Å². The third-order valence-electron chi connectivity index (χ3n) is 17.1. The summed E-state index contributed by atoms with van der Waals surface area (Å²) in [5.41, 5.74) is 6.87. The highest BCUT2D eigenvalue weighted by Crippen LogP contribution is 2.44. The van der Waals surface area contributed by atoms with Crippen LogP contribution in [-0.2, 0) is 128 Å². The molecule has 1 aliphatic rings. The SMILES string of the molecule is C#CCOCC(COCC#C)(COCC#C)CC(=O)CCOCCOCCOCCOCCOCCOCCCC(=O)CC[C@H](C)C(=O)OC(C)(C)C.C#CCOCC(COCC#C)(COCC#C)CC(=O)CCOCCOCCOCCOCCOCCOCCN.CC(C)(C)OC(=O)[C@@H](CCC(=O)O)NC(=O)OCC1c2ccccc2-c2ccccc21. The van der Waals surface area contributed by atoms with Crippen molar-refractivity contribution in [1.29, 1.82) is 0 Å². The Kier molecular flexibility index (Phi) is 67.8. The van der Waals surface area contributed by atoms with Crippen LogP contribution in [0.15, 0.2) is 48.5 Å². The van der Waals surface area contributed by atoms with Gasteiger partial charge in [-0.25, -0.2) is 9.59 Å². The lowest BCUT2D eigenvalue weighted by Gasteiger charge is -2.32. The summed E-state index contributed by atoms with van der Waals surface area (Å²) in [7, 11) is 0. The molecule has 0 spiro atoms. The molecule has 31 nitrogen and oxygen atoms in total. The summed E-state index contributed by atoms with van der Waals surface area (Å²) in [4.78, 5) is 85.4. The van der Waals surface area contributed by atoms with Gasteiger partial charge in [0.2, 0.25) is 0 Å². The minimum Gasteiger partial charge on any atom is -0.481 e. The second kappa shape index (κ2) is 73.9. The number of aliphatic carboxylic acids is 1. The number of carboxylic acids is 1. The highest BCUT2D eigenvalue weighted by atomic mass is 16.6. The molecule has 0 aromatic heterocycles. The number of carbonyl (C=O) groups is 7. The van der Waals surface area contributed by atoms with Gasteiger partial charge in [0.15, 0.2) is 0 Å². The van der Waals surface area contributed by atoms with Crippen LogP contribution in [0.2, 0.25) is 0 Å². The zero-order chi connectivity index (χ0) is 91.5. The molecule has 0 bridgehead atoms. The lowest BCUT2D eigenvalue weighted by Crippen LogP contribution is -2.44. The molecule has 2 aromatic rings. The molecule has 2 atom stereocenters. The van der Waals surface area contributed by atoms with E-state index in [-0.39, 0.29) is 173 Å². The van der Waals surface area contributed by atoms with E-state index in [0.29, 0.717) is 178 Å². The van der Waals surface area contributed by atoms with Crippen LogP contribution >= 0.6 is 0 Å². The smallest absolute Gasteiger partial charge is 0.407 e. The normalized spacial score (nSPS) is 12.2. The molecule has 3 rings (SSSR count). The quantitative estimate of drug-likeness (QED) is 0.0245. The molecular formula is C93H138N2O29. The topological polar surface area (TPSA) is 372 Å². The lowest BCUT2D eigenvalue weighted by atomic mass is 9.84. The summed E-state index contributed by atoms with van der Waals surface area (Å²) in [6, 6.07) is 14.8. The average Bonchev–Trinajstić information content (AvgIpc) is 1.62. The number of carbonyl (C=O) groups excluding carboxylic acids is 6. The first kappa shape index (κ1) is 114. The van der Waals surface area contributed by atoms with Crippen molar-refractivity contribution in [2.75, 3.05) is 251 Å². The van der Waals surface area contributed by atoms with Gasteiger partial charge in [-0.1, -0.05) is 91.0 Å². The van der Waals surface area contributed by atoms with Gasteiger partial charge in [-0.3, -0.25) is 24.0 Å². The van der Waals surface area contributed by atoms with Crippen LogP contribution in [0.3, 0.4) is 0 Å². The summed E-state index contributed by atoms with van der Waals surface area (Å²) in [5.74, 6) is 12.1. The van der Waals surface area contributed by atoms with Crippen LogP contribution < -0.4 is 11.1 Å². The predicted molar refractivity (Wildman–Crippen MR) is 463 cm³/mol. The van der Waals surface area contributed by atoms with E-state index >= 15 is 0 Å². The van der Waals surface area contributed by atoms with Crippen molar-refractivity contribution in [3.63, 3.8) is 0 Å². The van der Waals surface area contributed by atoms with E-state index in [9.17, 15) is 33.6 Å². The molecule has 0 aliphatic heterocycles. The number of Topliss-reactive ketones (excluding diaryl/α,β-unsaturated/α-hetero) is 3. The summed E-state index contributed by atoms with van der Waals surface area (Å²) in [6.07, 6.45) is 33.2. The Hall–Kier alpha value is -8.27. The first-order valence-electron chi connectivity index (χ1n) is 41.8. The van der Waals surface area contributed by atoms with E-state index in [1.165, 1.54) is 0 Å². The molecule has 0 saturated carbocycles. The largest absolute Gasteiger partial charge is 0.481 e. The Morgan fingerprint density at radius 1 is 0.387 bits per heavy atom. The van der Waals surface area contributed by atoms with Crippen LogP contribution in [0.4, 0.5) is 4.79 Å². The van der Waals surface area contributed by atoms with Crippen molar-refractivity contribution in [2.45, 2.75) is 136 Å². The van der Waals surface area contributed by atoms with Crippen molar-refractivity contribution in [3.05, 3.63) is 59.7 Å². The number of hydrogen-bond acceptors (Lipinski definition) is 29. The maximum absolute atomic E-state index is 12.8. The lowest BCUT2D eigenvalue weighted by molar-refractivity contribution is -0.160. The first-order chi connectivity index (χ1) is 59.8. The number of nitrogens with two attached hydrogens (primary N) is 1. The van der Waals surface area contributed by atoms with Crippen LogP contribution in [-0.4, -0.2) is 315 Å². The first-order valence-corrected chi connectivity index (χ1v) is 41.8. The molecule has 0 saturated heterocycles. The Labute approximate surface area is 735 Å². The number of esters is 2. The third-order valence-corrected chi connectivity index (χ3v) is 17.1. The minimum absolute atomic E-state index is 0.0300. The van der Waals surface area contributed by atoms with Crippen molar-refractivity contribution in [3.8, 4) is 85.2 Å². The van der Waals surface area contributed by atoms with E-state index in [0.717, 1.165) is 22.3 Å². The van der Waals surface area contributed by atoms with Crippen molar-refractivity contribution in [2.24, 2.45) is 22.5 Å². The summed E-state index contributed by atoms with van der Waals surface area (Å²) in [5, 5.41) is 11.4. The Morgan fingerprint density at radius 2 is 0.694 bits per heavy atom. The fourth-order valence-corrected chi connectivity index (χ4v) is 11.5. The van der Waals surface area contributed by atoms with E-state index in [1.54, 1.807) is 27.7 Å². The van der Waals surface area contributed by atoms with Gasteiger partial charge in [-0.2, -0.15) is 0 Å². The molecule has 0 fully saturated rings. The number of benzene rings is 2. The van der Waals surface area contributed by atoms with Gasteiger partial charge in [0.25, 0.3) is 0 Å². The molecule has 0 unspecified atom stereocenters. The number of amides is 1. The van der Waals surface area contributed by atoms with Gasteiger partial charge in [0, 0.05) is 74.8 Å². The van der Waals surface area contributed by atoms with Crippen molar-refractivity contribution < 1.29 is 138 Å². The number of alkyl carbamates (subject to hydrolysis) is 1. The molecule has 124 heavy (non-hydrogen) atoms. The Bertz CT molecular complexity index is 3330. The molecular weight excluding hydrogens is 1610 g/mol. The number of nitrogens with one attached hydrogen (secondary N) is 1. The molecule has 2 aromatic carbocycles. The highest BCUT2D eigenvalue weighted by Gasteiger charge is 2.37. The van der Waals surface area contributed by atoms with Gasteiger partial charge < -0.3 is 116 Å². The van der Waals surface area contributed by atoms with E-state index < -0.39 is 46.1 Å². The molecule has 0 heterocycles. The third kappa shape index (κ3) is 61.2.